The first-order chi connectivity index (χ1) is 15.5. The second-order valence-electron chi connectivity index (χ2n) is 8.91. The summed E-state index contributed by atoms with van der Waals surface area (Å²) in [6.07, 6.45) is 0.870. The molecule has 1 saturated heterocycles. The third-order valence-electron chi connectivity index (χ3n) is 7.72. The summed E-state index contributed by atoms with van der Waals surface area (Å²) in [4.78, 5) is 42.0. The Bertz CT molecular complexity index is 1340. The van der Waals surface area contributed by atoms with Crippen molar-refractivity contribution in [2.45, 2.75) is 17.8 Å². The number of hydrogen-bond donors (Lipinski definition) is 0. The van der Waals surface area contributed by atoms with Crippen LogP contribution in [0.15, 0.2) is 72.8 Å². The highest BCUT2D eigenvalue weighted by molar-refractivity contribution is 6.25. The minimum absolute atomic E-state index is 0.303. The van der Waals surface area contributed by atoms with Gasteiger partial charge in [-0.15, -0.1) is 0 Å². The van der Waals surface area contributed by atoms with Gasteiger partial charge in [-0.05, 0) is 46.5 Å². The van der Waals surface area contributed by atoms with Crippen LogP contribution in [0, 0.1) is 23.2 Å². The quantitative estimate of drug-likeness (QED) is 0.472. The number of anilines is 1. The first-order valence-corrected chi connectivity index (χ1v) is 10.5. The van der Waals surface area contributed by atoms with E-state index in [-0.39, 0.29) is 11.8 Å². The summed E-state index contributed by atoms with van der Waals surface area (Å²) >= 11 is 0. The number of rotatable bonds is 2. The SMILES string of the molecule is CC12c3ccccc3C(C=O)(c3ccccc31)[C@H]1C(=O)N(c3ccc(C#N)cc3)C(=O)[C@@H]12. The van der Waals surface area contributed by atoms with Crippen LogP contribution in [0.3, 0.4) is 0 Å². The molecule has 1 heterocycles. The minimum atomic E-state index is -1.22. The number of carbonyl (C=O) groups is 3. The van der Waals surface area contributed by atoms with Gasteiger partial charge in [0.05, 0.1) is 34.6 Å². The molecule has 3 aliphatic carbocycles. The maximum absolute atomic E-state index is 13.9. The average Bonchev–Trinajstić information content (AvgIpc) is 3.12. The van der Waals surface area contributed by atoms with Crippen LogP contribution in [-0.4, -0.2) is 18.1 Å². The van der Waals surface area contributed by atoms with Crippen molar-refractivity contribution in [3.63, 3.8) is 0 Å². The number of aldehydes is 1. The Hall–Kier alpha value is -4.04. The van der Waals surface area contributed by atoms with E-state index in [9.17, 15) is 14.4 Å². The topological polar surface area (TPSA) is 78.2 Å². The molecule has 5 heteroatoms. The summed E-state index contributed by atoms with van der Waals surface area (Å²) in [7, 11) is 0. The smallest absolute Gasteiger partial charge is 0.239 e. The molecule has 154 valence electrons. The van der Waals surface area contributed by atoms with Crippen molar-refractivity contribution in [1.29, 1.82) is 5.26 Å². The van der Waals surface area contributed by atoms with E-state index in [2.05, 4.69) is 6.07 Å². The minimum Gasteiger partial charge on any atom is -0.302 e. The lowest BCUT2D eigenvalue weighted by Crippen LogP contribution is -2.61. The molecule has 32 heavy (non-hydrogen) atoms. The van der Waals surface area contributed by atoms with Gasteiger partial charge < -0.3 is 4.79 Å². The van der Waals surface area contributed by atoms with Crippen molar-refractivity contribution >= 4 is 23.8 Å². The van der Waals surface area contributed by atoms with Crippen LogP contribution in [0.5, 0.6) is 0 Å². The van der Waals surface area contributed by atoms with Crippen LogP contribution in [0.25, 0.3) is 0 Å². The molecular formula is C27H18N2O3. The Morgan fingerprint density at radius 3 is 1.81 bits per heavy atom. The molecule has 0 aromatic heterocycles. The predicted octanol–water partition coefficient (Wildman–Crippen LogP) is 3.48. The van der Waals surface area contributed by atoms with Crippen molar-refractivity contribution < 1.29 is 14.4 Å². The van der Waals surface area contributed by atoms with E-state index < -0.39 is 22.7 Å². The van der Waals surface area contributed by atoms with Gasteiger partial charge in [-0.25, -0.2) is 4.90 Å². The van der Waals surface area contributed by atoms with E-state index in [0.717, 1.165) is 28.5 Å². The largest absolute Gasteiger partial charge is 0.302 e. The number of benzene rings is 3. The molecule has 1 fully saturated rings. The Morgan fingerprint density at radius 1 is 0.812 bits per heavy atom. The zero-order chi connectivity index (χ0) is 22.3. The molecule has 5 nitrogen and oxygen atoms in total. The van der Waals surface area contributed by atoms with E-state index in [1.54, 1.807) is 24.3 Å². The van der Waals surface area contributed by atoms with Gasteiger partial charge in [0.15, 0.2) is 0 Å². The third-order valence-corrected chi connectivity index (χ3v) is 7.72. The molecule has 0 radical (unpaired) electrons. The monoisotopic (exact) mass is 418 g/mol. The Morgan fingerprint density at radius 2 is 1.31 bits per heavy atom. The van der Waals surface area contributed by atoms with Gasteiger partial charge in [-0.2, -0.15) is 5.26 Å². The lowest BCUT2D eigenvalue weighted by atomic mass is 9.42. The average molecular weight is 418 g/mol. The number of hydrogen-bond acceptors (Lipinski definition) is 4. The zero-order valence-electron chi connectivity index (χ0n) is 17.3. The zero-order valence-corrected chi connectivity index (χ0v) is 17.3. The number of imide groups is 1. The van der Waals surface area contributed by atoms with Crippen LogP contribution >= 0.6 is 0 Å². The molecule has 2 atom stereocenters. The van der Waals surface area contributed by atoms with Gasteiger partial charge in [0.2, 0.25) is 11.8 Å². The number of carbonyl (C=O) groups excluding carboxylic acids is 3. The first kappa shape index (κ1) is 18.7. The van der Waals surface area contributed by atoms with Crippen LogP contribution in [0.4, 0.5) is 5.69 Å². The summed E-state index contributed by atoms with van der Waals surface area (Å²) < 4.78 is 0. The van der Waals surface area contributed by atoms with E-state index in [0.29, 0.717) is 11.3 Å². The normalized spacial score (nSPS) is 29.2. The molecule has 0 N–H and O–H groups in total. The first-order valence-electron chi connectivity index (χ1n) is 10.5. The Balaban J connectivity index is 1.66. The van der Waals surface area contributed by atoms with Crippen molar-refractivity contribution in [3.8, 4) is 6.07 Å². The lowest BCUT2D eigenvalue weighted by molar-refractivity contribution is -0.129. The van der Waals surface area contributed by atoms with Gasteiger partial charge in [-0.3, -0.25) is 9.59 Å². The van der Waals surface area contributed by atoms with Crippen molar-refractivity contribution in [2.24, 2.45) is 11.8 Å². The van der Waals surface area contributed by atoms with Crippen molar-refractivity contribution in [2.75, 3.05) is 4.90 Å². The number of nitriles is 1. The van der Waals surface area contributed by atoms with Crippen LogP contribution in [-0.2, 0) is 25.2 Å². The molecule has 0 saturated carbocycles. The highest BCUT2D eigenvalue weighted by Gasteiger charge is 2.72. The second kappa shape index (κ2) is 6.02. The fraction of sp³-hybridized carbons (Fsp3) is 0.185. The number of amides is 2. The van der Waals surface area contributed by atoms with Gasteiger partial charge in [0, 0.05) is 5.41 Å². The summed E-state index contributed by atoms with van der Waals surface area (Å²) in [5, 5.41) is 9.11. The second-order valence-corrected chi connectivity index (χ2v) is 8.91. The predicted molar refractivity (Wildman–Crippen MR) is 117 cm³/mol. The van der Waals surface area contributed by atoms with Crippen molar-refractivity contribution in [3.05, 3.63) is 101 Å². The van der Waals surface area contributed by atoms with Gasteiger partial charge >= 0.3 is 0 Å². The summed E-state index contributed by atoms with van der Waals surface area (Å²) in [5.41, 5.74) is 2.37. The van der Waals surface area contributed by atoms with Gasteiger partial charge in [0.25, 0.3) is 0 Å². The van der Waals surface area contributed by atoms with Crippen LogP contribution in [0.2, 0.25) is 0 Å². The Labute approximate surface area is 184 Å². The third kappa shape index (κ3) is 1.87. The standard InChI is InChI=1S/C27H18N2O3/c1-26-18-6-2-4-8-20(18)27(15-30,21-9-5-3-7-19(21)26)23-22(26)24(31)29(25(23)32)17-12-10-16(14-28)11-13-17/h2-13,15,22-23H,1H3/t22-,23-,26?,27?/m1/s1. The van der Waals surface area contributed by atoms with E-state index in [1.807, 2.05) is 55.5 Å². The molecule has 0 unspecified atom stereocenters. The van der Waals surface area contributed by atoms with E-state index in [1.165, 1.54) is 4.90 Å². The summed E-state index contributed by atoms with van der Waals surface area (Å²) in [6, 6.07) is 23.8. The van der Waals surface area contributed by atoms with Crippen molar-refractivity contribution in [1.82, 2.24) is 0 Å². The maximum atomic E-state index is 13.9. The van der Waals surface area contributed by atoms with Gasteiger partial charge in [0.1, 0.15) is 6.29 Å². The molecule has 7 rings (SSSR count). The molecule has 1 aliphatic heterocycles. The maximum Gasteiger partial charge on any atom is 0.239 e. The van der Waals surface area contributed by atoms with Crippen LogP contribution in [0.1, 0.15) is 34.7 Å². The molecule has 2 amide bonds. The Kier molecular flexibility index (Phi) is 3.52. The highest BCUT2D eigenvalue weighted by atomic mass is 16.2. The molecular weight excluding hydrogens is 400 g/mol. The summed E-state index contributed by atoms with van der Waals surface area (Å²) in [5.74, 6) is -2.19. The van der Waals surface area contributed by atoms with E-state index in [4.69, 9.17) is 5.26 Å². The molecule has 4 aliphatic rings. The summed E-state index contributed by atoms with van der Waals surface area (Å²) in [6.45, 7) is 2.02. The highest BCUT2D eigenvalue weighted by Crippen LogP contribution is 2.66. The fourth-order valence-electron chi connectivity index (χ4n) is 6.40. The molecule has 3 aromatic carbocycles. The molecule has 2 bridgehead atoms. The molecule has 3 aromatic rings. The number of nitrogens with zero attached hydrogens (tertiary/aromatic N) is 2. The van der Waals surface area contributed by atoms with Gasteiger partial charge in [-0.1, -0.05) is 55.5 Å². The molecule has 0 spiro atoms. The lowest BCUT2D eigenvalue weighted by Gasteiger charge is -2.56. The van der Waals surface area contributed by atoms with Crippen LogP contribution < -0.4 is 4.90 Å². The van der Waals surface area contributed by atoms with E-state index >= 15 is 0 Å². The fourth-order valence-corrected chi connectivity index (χ4v) is 6.40.